The van der Waals surface area contributed by atoms with Gasteiger partial charge in [0.1, 0.15) is 17.1 Å². The summed E-state index contributed by atoms with van der Waals surface area (Å²) in [5.74, 6) is -1.42. The lowest BCUT2D eigenvalue weighted by atomic mass is 10.1. The fourth-order valence-electron chi connectivity index (χ4n) is 4.27. The Kier molecular flexibility index (Phi) is 7.55. The molecular formula is C25H28N8O5. The van der Waals surface area contributed by atoms with Gasteiger partial charge in [-0.15, -0.1) is 0 Å². The number of aromatic carboxylic acids is 1. The number of nitrogens with one attached hydrogen (secondary N) is 2. The minimum Gasteiger partial charge on any atom is -0.495 e. The summed E-state index contributed by atoms with van der Waals surface area (Å²) in [7, 11) is 1.41. The fourth-order valence-corrected chi connectivity index (χ4v) is 4.27. The molecule has 0 saturated carbocycles. The van der Waals surface area contributed by atoms with Crippen molar-refractivity contribution in [2.75, 3.05) is 30.8 Å². The van der Waals surface area contributed by atoms with Crippen molar-refractivity contribution >= 4 is 40.9 Å². The van der Waals surface area contributed by atoms with Crippen molar-refractivity contribution in [3.8, 4) is 5.75 Å². The van der Waals surface area contributed by atoms with Crippen LogP contribution in [0.4, 0.5) is 23.1 Å². The Labute approximate surface area is 218 Å². The van der Waals surface area contributed by atoms with Crippen LogP contribution in [-0.2, 0) is 4.79 Å². The quantitative estimate of drug-likeness (QED) is 0.307. The summed E-state index contributed by atoms with van der Waals surface area (Å²) in [5.41, 5.74) is 7.21. The van der Waals surface area contributed by atoms with Crippen LogP contribution < -0.4 is 21.1 Å². The summed E-state index contributed by atoms with van der Waals surface area (Å²) in [6.45, 7) is 6.48. The van der Waals surface area contributed by atoms with E-state index in [4.69, 9.17) is 10.5 Å². The molecule has 38 heavy (non-hydrogen) atoms. The van der Waals surface area contributed by atoms with Crippen LogP contribution in [0.3, 0.4) is 0 Å². The number of amides is 2. The van der Waals surface area contributed by atoms with Gasteiger partial charge in [-0.25, -0.2) is 9.78 Å². The van der Waals surface area contributed by atoms with E-state index in [0.29, 0.717) is 30.0 Å². The molecule has 1 aromatic carbocycles. The van der Waals surface area contributed by atoms with Crippen molar-refractivity contribution in [2.24, 2.45) is 5.73 Å². The molecule has 1 unspecified atom stereocenters. The maximum absolute atomic E-state index is 12.1. The Hall–Kier alpha value is -4.94. The molecule has 1 aliphatic rings. The van der Waals surface area contributed by atoms with E-state index in [1.807, 2.05) is 0 Å². The summed E-state index contributed by atoms with van der Waals surface area (Å²) >= 11 is 0. The van der Waals surface area contributed by atoms with Crippen LogP contribution in [-0.4, -0.2) is 67.7 Å². The number of carbonyl (C=O) groups is 3. The second-order valence-corrected chi connectivity index (χ2v) is 8.74. The third kappa shape index (κ3) is 5.56. The first-order valence-electron chi connectivity index (χ1n) is 11.8. The SMILES string of the molecule is C=CC(=O)N1CCCC(n2cc(Nc3ncc(C(N)=O)c(Nc4c(C)cc(C(=O)O)cc4OC)n3)cn2)C1. The number of nitrogens with two attached hydrogens (primary N) is 1. The van der Waals surface area contributed by atoms with Crippen LogP contribution >= 0.6 is 0 Å². The van der Waals surface area contributed by atoms with Crippen molar-refractivity contribution in [1.82, 2.24) is 24.6 Å². The van der Waals surface area contributed by atoms with Crippen LogP contribution in [0.2, 0.25) is 0 Å². The smallest absolute Gasteiger partial charge is 0.335 e. The number of methoxy groups -OCH3 is 1. The largest absolute Gasteiger partial charge is 0.495 e. The number of aromatic nitrogens is 4. The molecule has 0 aliphatic carbocycles. The fraction of sp³-hybridized carbons (Fsp3) is 0.280. The summed E-state index contributed by atoms with van der Waals surface area (Å²) < 4.78 is 7.15. The van der Waals surface area contributed by atoms with Crippen LogP contribution in [0, 0.1) is 6.92 Å². The van der Waals surface area contributed by atoms with E-state index in [0.717, 1.165) is 12.8 Å². The minimum absolute atomic E-state index is 0.0165. The van der Waals surface area contributed by atoms with E-state index in [9.17, 15) is 19.5 Å². The number of hydrogen-bond donors (Lipinski definition) is 4. The van der Waals surface area contributed by atoms with Gasteiger partial charge in [-0.1, -0.05) is 6.58 Å². The minimum atomic E-state index is -1.10. The monoisotopic (exact) mass is 520 g/mol. The molecule has 0 spiro atoms. The van der Waals surface area contributed by atoms with Crippen molar-refractivity contribution in [2.45, 2.75) is 25.8 Å². The number of rotatable bonds is 9. The van der Waals surface area contributed by atoms with Gasteiger partial charge >= 0.3 is 5.97 Å². The van der Waals surface area contributed by atoms with Gasteiger partial charge < -0.3 is 31.1 Å². The molecule has 2 aromatic heterocycles. The van der Waals surface area contributed by atoms with E-state index < -0.39 is 11.9 Å². The number of nitrogens with zero attached hydrogens (tertiary/aromatic N) is 5. The topological polar surface area (TPSA) is 178 Å². The highest BCUT2D eigenvalue weighted by atomic mass is 16.5. The van der Waals surface area contributed by atoms with E-state index in [1.165, 1.54) is 31.5 Å². The third-order valence-corrected chi connectivity index (χ3v) is 6.18. The summed E-state index contributed by atoms with van der Waals surface area (Å²) in [5, 5.41) is 19.9. The zero-order chi connectivity index (χ0) is 27.4. The molecule has 1 aliphatic heterocycles. The second-order valence-electron chi connectivity index (χ2n) is 8.74. The number of anilines is 4. The van der Waals surface area contributed by atoms with Gasteiger partial charge in [-0.05, 0) is 43.5 Å². The van der Waals surface area contributed by atoms with Gasteiger partial charge in [0.2, 0.25) is 11.9 Å². The summed E-state index contributed by atoms with van der Waals surface area (Å²) in [6, 6.07) is 2.86. The Morgan fingerprint density at radius 3 is 2.74 bits per heavy atom. The highest BCUT2D eigenvalue weighted by Crippen LogP contribution is 2.33. The van der Waals surface area contributed by atoms with E-state index in [2.05, 4.69) is 32.3 Å². The lowest BCUT2D eigenvalue weighted by Crippen LogP contribution is -2.39. The zero-order valence-corrected chi connectivity index (χ0v) is 21.0. The highest BCUT2D eigenvalue weighted by molar-refractivity contribution is 5.98. The van der Waals surface area contributed by atoms with Crippen molar-refractivity contribution < 1.29 is 24.2 Å². The maximum atomic E-state index is 12.1. The number of benzene rings is 1. The zero-order valence-electron chi connectivity index (χ0n) is 21.0. The van der Waals surface area contributed by atoms with E-state index in [-0.39, 0.29) is 40.6 Å². The lowest BCUT2D eigenvalue weighted by Gasteiger charge is -2.32. The third-order valence-electron chi connectivity index (χ3n) is 6.18. The first kappa shape index (κ1) is 26.1. The molecule has 2 amide bonds. The first-order chi connectivity index (χ1) is 18.2. The molecule has 5 N–H and O–H groups in total. The number of piperidine rings is 1. The molecule has 1 fully saturated rings. The molecule has 1 atom stereocenters. The average molecular weight is 521 g/mol. The molecule has 198 valence electrons. The van der Waals surface area contributed by atoms with Crippen molar-refractivity contribution in [3.05, 3.63) is 60.1 Å². The van der Waals surface area contributed by atoms with Gasteiger partial charge in [-0.2, -0.15) is 10.1 Å². The van der Waals surface area contributed by atoms with Crippen molar-refractivity contribution in [3.63, 3.8) is 0 Å². The predicted molar refractivity (Wildman–Crippen MR) is 139 cm³/mol. The molecule has 3 aromatic rings. The van der Waals surface area contributed by atoms with Gasteiger partial charge in [0.15, 0.2) is 0 Å². The van der Waals surface area contributed by atoms with Crippen LogP contribution in [0.15, 0.2) is 43.4 Å². The Balaban J connectivity index is 1.58. The summed E-state index contributed by atoms with van der Waals surface area (Å²) in [4.78, 5) is 45.9. The maximum Gasteiger partial charge on any atom is 0.335 e. The Morgan fingerprint density at radius 2 is 2.05 bits per heavy atom. The number of carboxylic acids is 1. The Bertz CT molecular complexity index is 1400. The molecule has 0 radical (unpaired) electrons. The standard InChI is InChI=1S/C25H28N8O5/c1-4-20(34)32-7-5-6-17(13-32)33-12-16(10-28-33)29-25-27-11-18(22(26)35)23(31-25)30-21-14(2)8-15(24(36)37)9-19(21)38-3/h4,8-12,17H,1,5-7,13H2,2-3H3,(H2,26,35)(H,36,37)(H2,27,29,30,31). The number of ether oxygens (including phenoxy) is 1. The van der Waals surface area contributed by atoms with Gasteiger partial charge in [-0.3, -0.25) is 14.3 Å². The number of hydrogen-bond acceptors (Lipinski definition) is 9. The molecule has 4 rings (SSSR count). The van der Waals surface area contributed by atoms with Crippen LogP contribution in [0.5, 0.6) is 5.75 Å². The molecule has 1 saturated heterocycles. The molecule has 13 nitrogen and oxygen atoms in total. The predicted octanol–water partition coefficient (Wildman–Crippen LogP) is 2.62. The van der Waals surface area contributed by atoms with Crippen molar-refractivity contribution in [1.29, 1.82) is 0 Å². The molecule has 0 bridgehead atoms. The highest BCUT2D eigenvalue weighted by Gasteiger charge is 2.24. The van der Waals surface area contributed by atoms with Crippen LogP contribution in [0.25, 0.3) is 0 Å². The molecule has 3 heterocycles. The first-order valence-corrected chi connectivity index (χ1v) is 11.8. The second kappa shape index (κ2) is 11.0. The number of primary amides is 1. The number of carboxylic acid groups (broad SMARTS) is 1. The number of carbonyl (C=O) groups excluding carboxylic acids is 2. The number of likely N-dealkylation sites (tertiary alicyclic amines) is 1. The lowest BCUT2D eigenvalue weighted by molar-refractivity contribution is -0.127. The number of aryl methyl sites for hydroxylation is 1. The van der Waals surface area contributed by atoms with E-state index in [1.54, 1.807) is 28.9 Å². The van der Waals surface area contributed by atoms with Crippen LogP contribution in [0.1, 0.15) is 45.2 Å². The Morgan fingerprint density at radius 1 is 1.26 bits per heavy atom. The normalized spacial score (nSPS) is 15.0. The van der Waals surface area contributed by atoms with Gasteiger partial charge in [0, 0.05) is 25.5 Å². The molecular weight excluding hydrogens is 492 g/mol. The van der Waals surface area contributed by atoms with Gasteiger partial charge in [0.25, 0.3) is 5.91 Å². The summed E-state index contributed by atoms with van der Waals surface area (Å²) in [6.07, 6.45) is 7.75. The average Bonchev–Trinajstić information content (AvgIpc) is 3.37. The van der Waals surface area contributed by atoms with Gasteiger partial charge in [0.05, 0.1) is 36.3 Å². The van der Waals surface area contributed by atoms with E-state index >= 15 is 0 Å². The molecule has 13 heteroatoms.